The molecule has 3 aromatic rings. The van der Waals surface area contributed by atoms with Gasteiger partial charge < -0.3 is 4.74 Å². The van der Waals surface area contributed by atoms with Gasteiger partial charge >= 0.3 is 5.97 Å². The van der Waals surface area contributed by atoms with E-state index in [9.17, 15) is 18.0 Å². The number of esters is 1. The van der Waals surface area contributed by atoms with Crippen LogP contribution >= 0.6 is 0 Å². The van der Waals surface area contributed by atoms with E-state index in [4.69, 9.17) is 4.74 Å². The van der Waals surface area contributed by atoms with Gasteiger partial charge in [-0.2, -0.15) is 0 Å². The summed E-state index contributed by atoms with van der Waals surface area (Å²) in [5.41, 5.74) is 2.23. The first-order valence-electron chi connectivity index (χ1n) is 9.21. The lowest BCUT2D eigenvalue weighted by atomic mass is 10.0. The molecule has 1 heterocycles. The Kier molecular flexibility index (Phi) is 6.12. The number of sulfone groups is 1. The minimum atomic E-state index is -3.66. The highest BCUT2D eigenvalue weighted by Gasteiger charge is 2.30. The van der Waals surface area contributed by atoms with Gasteiger partial charge in [-0.1, -0.05) is 36.4 Å². The number of hydrogen-bond donors (Lipinski definition) is 0. The Labute approximate surface area is 168 Å². The number of ether oxygens (including phenoxy) is 1. The second kappa shape index (κ2) is 8.57. The Morgan fingerprint density at radius 3 is 2.52 bits per heavy atom. The molecular weight excluding hydrogens is 392 g/mol. The maximum atomic E-state index is 12.8. The number of hydrogen-bond acceptors (Lipinski definition) is 6. The normalized spacial score (nSPS) is 12.6. The van der Waals surface area contributed by atoms with Crippen molar-refractivity contribution in [1.82, 2.24) is 9.55 Å². The van der Waals surface area contributed by atoms with Crippen LogP contribution in [-0.2, 0) is 25.9 Å². The van der Waals surface area contributed by atoms with Crippen molar-refractivity contribution in [1.29, 1.82) is 0 Å². The number of fused-ring (bicyclic) bond motifs is 1. The minimum Gasteiger partial charge on any atom is -0.465 e. The molecule has 0 aliphatic heterocycles. The van der Waals surface area contributed by atoms with Gasteiger partial charge in [0.2, 0.25) is 0 Å². The summed E-state index contributed by atoms with van der Waals surface area (Å²) in [5.74, 6) is -0.802. The van der Waals surface area contributed by atoms with Crippen LogP contribution in [0.15, 0.2) is 59.7 Å². The molecule has 0 aliphatic carbocycles. The molecule has 0 spiro atoms. The Balaban J connectivity index is 1.88. The van der Waals surface area contributed by atoms with E-state index in [2.05, 4.69) is 4.98 Å². The van der Waals surface area contributed by atoms with E-state index in [-0.39, 0.29) is 25.1 Å². The van der Waals surface area contributed by atoms with Gasteiger partial charge in [0, 0.05) is 12.8 Å². The first-order chi connectivity index (χ1) is 13.8. The van der Waals surface area contributed by atoms with Crippen LogP contribution in [0.4, 0.5) is 0 Å². The molecule has 0 radical (unpaired) electrons. The molecule has 1 aromatic heterocycles. The zero-order valence-electron chi connectivity index (χ0n) is 16.2. The lowest BCUT2D eigenvalue weighted by molar-refractivity contribution is -0.142. The maximum Gasteiger partial charge on any atom is 0.324 e. The summed E-state index contributed by atoms with van der Waals surface area (Å²) in [6.07, 6.45) is 2.30. The molecular formula is C21H22N2O5S. The SMILES string of the molecule is CCOC(=O)C(CCn1cnc2cc(-c3ccccc3)ccc2c1=O)S(C)(=O)=O. The van der Waals surface area contributed by atoms with Gasteiger partial charge in [0.05, 0.1) is 23.8 Å². The van der Waals surface area contributed by atoms with Crippen LogP contribution in [0.25, 0.3) is 22.0 Å². The highest BCUT2D eigenvalue weighted by Crippen LogP contribution is 2.21. The minimum absolute atomic E-state index is 0.0404. The highest BCUT2D eigenvalue weighted by molar-refractivity contribution is 7.92. The summed E-state index contributed by atoms with van der Waals surface area (Å²) in [7, 11) is -3.66. The van der Waals surface area contributed by atoms with Crippen LogP contribution in [-0.4, -0.2) is 42.1 Å². The Morgan fingerprint density at radius 2 is 1.86 bits per heavy atom. The third-order valence-electron chi connectivity index (χ3n) is 4.63. The number of rotatable bonds is 7. The van der Waals surface area contributed by atoms with Gasteiger partial charge in [0.15, 0.2) is 15.1 Å². The molecule has 7 nitrogen and oxygen atoms in total. The zero-order valence-corrected chi connectivity index (χ0v) is 17.1. The monoisotopic (exact) mass is 414 g/mol. The Morgan fingerprint density at radius 1 is 1.14 bits per heavy atom. The van der Waals surface area contributed by atoms with E-state index in [1.807, 2.05) is 42.5 Å². The molecule has 0 saturated heterocycles. The number of aromatic nitrogens is 2. The average Bonchev–Trinajstić information content (AvgIpc) is 2.69. The number of nitrogens with zero attached hydrogens (tertiary/aromatic N) is 2. The van der Waals surface area contributed by atoms with Gasteiger partial charge in [-0.3, -0.25) is 14.2 Å². The summed E-state index contributed by atoms with van der Waals surface area (Å²) < 4.78 is 30.0. The lowest BCUT2D eigenvalue weighted by Crippen LogP contribution is -2.34. The first-order valence-corrected chi connectivity index (χ1v) is 11.2. The third-order valence-corrected chi connectivity index (χ3v) is 6.09. The van der Waals surface area contributed by atoms with Crippen LogP contribution in [0, 0.1) is 0 Å². The molecule has 0 saturated carbocycles. The fourth-order valence-electron chi connectivity index (χ4n) is 3.13. The molecule has 8 heteroatoms. The lowest BCUT2D eigenvalue weighted by Gasteiger charge is -2.14. The summed E-state index contributed by atoms with van der Waals surface area (Å²) in [4.78, 5) is 29.1. The predicted molar refractivity (Wildman–Crippen MR) is 111 cm³/mol. The van der Waals surface area contributed by atoms with E-state index in [0.717, 1.165) is 17.4 Å². The second-order valence-corrected chi connectivity index (χ2v) is 8.93. The molecule has 1 atom stereocenters. The molecule has 3 rings (SSSR count). The topological polar surface area (TPSA) is 95.3 Å². The smallest absolute Gasteiger partial charge is 0.324 e. The van der Waals surface area contributed by atoms with Crippen molar-refractivity contribution in [3.05, 3.63) is 65.2 Å². The molecule has 0 amide bonds. The quantitative estimate of drug-likeness (QED) is 0.551. The van der Waals surface area contributed by atoms with Crippen LogP contribution in [0.2, 0.25) is 0 Å². The van der Waals surface area contributed by atoms with Crippen molar-refractivity contribution in [3.8, 4) is 11.1 Å². The summed E-state index contributed by atoms with van der Waals surface area (Å²) in [6.45, 7) is 1.74. The Hall–Kier alpha value is -3.00. The van der Waals surface area contributed by atoms with E-state index in [0.29, 0.717) is 10.9 Å². The molecule has 0 aliphatic rings. The summed E-state index contributed by atoms with van der Waals surface area (Å²) in [5, 5.41) is -0.885. The molecule has 0 bridgehead atoms. The zero-order chi connectivity index (χ0) is 21.0. The average molecular weight is 414 g/mol. The number of aryl methyl sites for hydroxylation is 1. The molecule has 0 N–H and O–H groups in total. The standard InChI is InChI=1S/C21H22N2O5S/c1-3-28-21(25)19(29(2,26)27)11-12-23-14-22-18-13-16(9-10-17(18)20(23)24)15-7-5-4-6-8-15/h4-10,13-14,19H,3,11-12H2,1-2H3. The van der Waals surface area contributed by atoms with Crippen LogP contribution in [0.1, 0.15) is 13.3 Å². The van der Waals surface area contributed by atoms with Crippen molar-refractivity contribution in [2.75, 3.05) is 12.9 Å². The summed E-state index contributed by atoms with van der Waals surface area (Å²) in [6, 6.07) is 15.2. The number of carbonyl (C=O) groups excluding carboxylic acids is 1. The van der Waals surface area contributed by atoms with Crippen molar-refractivity contribution < 1.29 is 17.9 Å². The molecule has 152 valence electrons. The van der Waals surface area contributed by atoms with Gasteiger partial charge in [-0.15, -0.1) is 0 Å². The van der Waals surface area contributed by atoms with Crippen molar-refractivity contribution in [3.63, 3.8) is 0 Å². The fourth-order valence-corrected chi connectivity index (χ4v) is 4.08. The van der Waals surface area contributed by atoms with Gasteiger partial charge in [-0.05, 0) is 36.6 Å². The van der Waals surface area contributed by atoms with E-state index >= 15 is 0 Å². The van der Waals surface area contributed by atoms with Crippen LogP contribution in [0.3, 0.4) is 0 Å². The molecule has 0 fully saturated rings. The first kappa shape index (κ1) is 20.7. The fraction of sp³-hybridized carbons (Fsp3) is 0.286. The van der Waals surface area contributed by atoms with E-state index in [1.165, 1.54) is 10.9 Å². The van der Waals surface area contributed by atoms with Crippen LogP contribution in [0.5, 0.6) is 0 Å². The number of benzene rings is 2. The molecule has 2 aromatic carbocycles. The van der Waals surface area contributed by atoms with Crippen molar-refractivity contribution in [2.24, 2.45) is 0 Å². The second-order valence-electron chi connectivity index (χ2n) is 6.70. The Bertz CT molecular complexity index is 1190. The number of carbonyl (C=O) groups is 1. The van der Waals surface area contributed by atoms with E-state index in [1.54, 1.807) is 13.0 Å². The van der Waals surface area contributed by atoms with Crippen molar-refractivity contribution in [2.45, 2.75) is 25.1 Å². The van der Waals surface area contributed by atoms with Crippen LogP contribution < -0.4 is 5.56 Å². The van der Waals surface area contributed by atoms with Crippen molar-refractivity contribution >= 4 is 26.7 Å². The molecule has 29 heavy (non-hydrogen) atoms. The molecule has 1 unspecified atom stereocenters. The summed E-state index contributed by atoms with van der Waals surface area (Å²) >= 11 is 0. The predicted octanol–water partition coefficient (Wildman–Crippen LogP) is 2.43. The van der Waals surface area contributed by atoms with Gasteiger partial charge in [0.1, 0.15) is 0 Å². The van der Waals surface area contributed by atoms with Gasteiger partial charge in [0.25, 0.3) is 5.56 Å². The largest absolute Gasteiger partial charge is 0.465 e. The highest BCUT2D eigenvalue weighted by atomic mass is 32.2. The third kappa shape index (κ3) is 4.71. The maximum absolute atomic E-state index is 12.8. The van der Waals surface area contributed by atoms with E-state index < -0.39 is 21.1 Å². The van der Waals surface area contributed by atoms with Gasteiger partial charge in [-0.25, -0.2) is 13.4 Å².